The Labute approximate surface area is 180 Å². The summed E-state index contributed by atoms with van der Waals surface area (Å²) in [7, 11) is -9.92. The van der Waals surface area contributed by atoms with Gasteiger partial charge in [-0.1, -0.05) is 53.7 Å². The molecular weight excluding hydrogens is 426 g/mol. The Hall–Kier alpha value is -1.04. The molecule has 0 aromatic rings. The van der Waals surface area contributed by atoms with Crippen molar-refractivity contribution in [2.24, 2.45) is 0 Å². The molecule has 0 bridgehead atoms. The largest absolute Gasteiger partial charge is 0.481 e. The van der Waals surface area contributed by atoms with E-state index in [-0.39, 0.29) is 6.61 Å². The van der Waals surface area contributed by atoms with E-state index in [1.54, 1.807) is 6.08 Å². The van der Waals surface area contributed by atoms with Crippen molar-refractivity contribution >= 4 is 15.6 Å². The molecule has 0 aromatic carbocycles. The van der Waals surface area contributed by atoms with Gasteiger partial charge in [-0.3, -0.25) is 4.52 Å². The van der Waals surface area contributed by atoms with Gasteiger partial charge in [0.05, 0.1) is 6.61 Å². The van der Waals surface area contributed by atoms with Gasteiger partial charge >= 0.3 is 15.6 Å². The van der Waals surface area contributed by atoms with Gasteiger partial charge in [0.15, 0.2) is 0 Å². The second-order valence-electron chi connectivity index (χ2n) is 7.32. The lowest BCUT2D eigenvalue weighted by atomic mass is 10.0. The molecule has 0 aliphatic heterocycles. The first kappa shape index (κ1) is 29.0. The highest BCUT2D eigenvalue weighted by Gasteiger charge is 2.31. The molecule has 0 aliphatic carbocycles. The van der Waals surface area contributed by atoms with E-state index >= 15 is 0 Å². The molecule has 0 amide bonds. The standard InChI is InChI=1S/C21H36O7P2/c1-6-21(16-17-27-30(25,26)28-29(22,23)24)15-9-14-20(5)13-8-12-19(4)11-7-10-18(2)3/h6,10,12,14,16H,1,7-9,11,13,15,17H2,2-5H3,(H,25,26)(H2,22,23,24)/b19-12+,20-14+,21-16+. The number of phosphoric ester groups is 1. The zero-order valence-corrected chi connectivity index (χ0v) is 20.2. The number of allylic oxidation sites excluding steroid dienone is 8. The van der Waals surface area contributed by atoms with E-state index < -0.39 is 15.6 Å². The molecule has 9 heteroatoms. The van der Waals surface area contributed by atoms with E-state index in [1.807, 2.05) is 0 Å². The molecule has 30 heavy (non-hydrogen) atoms. The Morgan fingerprint density at radius 1 is 0.833 bits per heavy atom. The molecule has 0 aromatic heterocycles. The minimum atomic E-state index is -5.11. The molecule has 0 fully saturated rings. The number of hydrogen-bond acceptors (Lipinski definition) is 4. The maximum Gasteiger partial charge on any atom is 0.481 e. The van der Waals surface area contributed by atoms with Crippen LogP contribution in [-0.4, -0.2) is 21.3 Å². The van der Waals surface area contributed by atoms with E-state index in [9.17, 15) is 14.0 Å². The third-order valence-electron chi connectivity index (χ3n) is 4.10. The summed E-state index contributed by atoms with van der Waals surface area (Å²) in [6.45, 7) is 11.8. The van der Waals surface area contributed by atoms with Crippen LogP contribution in [0.1, 0.15) is 66.2 Å². The van der Waals surface area contributed by atoms with E-state index in [0.717, 1.165) is 37.7 Å². The number of hydrogen-bond donors (Lipinski definition) is 3. The van der Waals surface area contributed by atoms with Crippen molar-refractivity contribution < 1.29 is 32.6 Å². The molecule has 1 unspecified atom stereocenters. The van der Waals surface area contributed by atoms with Crippen molar-refractivity contribution in [2.45, 2.75) is 66.2 Å². The topological polar surface area (TPSA) is 113 Å². The summed E-state index contributed by atoms with van der Waals surface area (Å²) >= 11 is 0. The summed E-state index contributed by atoms with van der Waals surface area (Å²) in [6, 6.07) is 0. The molecule has 7 nitrogen and oxygen atoms in total. The Kier molecular flexibility index (Phi) is 14.4. The van der Waals surface area contributed by atoms with Crippen molar-refractivity contribution in [3.63, 3.8) is 0 Å². The van der Waals surface area contributed by atoms with Gasteiger partial charge in [-0.05, 0) is 71.8 Å². The molecule has 0 radical (unpaired) electrons. The minimum Gasteiger partial charge on any atom is -0.302 e. The lowest BCUT2D eigenvalue weighted by molar-refractivity contribution is 0.191. The van der Waals surface area contributed by atoms with Gasteiger partial charge in [-0.25, -0.2) is 9.13 Å². The third-order valence-corrected chi connectivity index (χ3v) is 6.26. The molecule has 0 saturated heterocycles. The van der Waals surface area contributed by atoms with Gasteiger partial charge in [-0.2, -0.15) is 4.31 Å². The highest BCUT2D eigenvalue weighted by atomic mass is 31.3. The van der Waals surface area contributed by atoms with Crippen LogP contribution in [0.5, 0.6) is 0 Å². The third kappa shape index (κ3) is 17.8. The fourth-order valence-electron chi connectivity index (χ4n) is 2.51. The second-order valence-corrected chi connectivity index (χ2v) is 10.1. The van der Waals surface area contributed by atoms with Crippen LogP contribution in [0.25, 0.3) is 0 Å². The van der Waals surface area contributed by atoms with Crippen LogP contribution in [-0.2, 0) is 18.0 Å². The Bertz CT molecular complexity index is 753. The number of phosphoric acid groups is 2. The Balaban J connectivity index is 4.37. The van der Waals surface area contributed by atoms with Gasteiger partial charge in [0.2, 0.25) is 0 Å². The molecule has 0 spiro atoms. The normalized spacial score (nSPS) is 15.6. The Morgan fingerprint density at radius 2 is 1.33 bits per heavy atom. The van der Waals surface area contributed by atoms with Gasteiger partial charge in [0, 0.05) is 0 Å². The van der Waals surface area contributed by atoms with E-state index in [0.29, 0.717) is 6.42 Å². The molecule has 1 atom stereocenters. The van der Waals surface area contributed by atoms with Crippen LogP contribution in [0.2, 0.25) is 0 Å². The van der Waals surface area contributed by atoms with Crippen molar-refractivity contribution in [2.75, 3.05) is 6.61 Å². The van der Waals surface area contributed by atoms with Gasteiger partial charge in [0.1, 0.15) is 0 Å². The average molecular weight is 462 g/mol. The van der Waals surface area contributed by atoms with Crippen LogP contribution in [0.15, 0.2) is 59.3 Å². The second kappa shape index (κ2) is 14.9. The zero-order chi connectivity index (χ0) is 23.2. The summed E-state index contributed by atoms with van der Waals surface area (Å²) in [5, 5.41) is 0. The summed E-state index contributed by atoms with van der Waals surface area (Å²) in [5.41, 5.74) is 4.84. The van der Waals surface area contributed by atoms with Crippen LogP contribution in [0, 0.1) is 0 Å². The molecule has 3 N–H and O–H groups in total. The van der Waals surface area contributed by atoms with Gasteiger partial charge in [-0.15, -0.1) is 0 Å². The zero-order valence-electron chi connectivity index (χ0n) is 18.4. The lowest BCUT2D eigenvalue weighted by Crippen LogP contribution is -1.95. The first-order valence-corrected chi connectivity index (χ1v) is 12.9. The van der Waals surface area contributed by atoms with E-state index in [1.165, 1.54) is 22.8 Å². The summed E-state index contributed by atoms with van der Waals surface area (Å²) in [4.78, 5) is 26.3. The minimum absolute atomic E-state index is 0.325. The van der Waals surface area contributed by atoms with Gasteiger partial charge in [0.25, 0.3) is 0 Å². The first-order chi connectivity index (χ1) is 13.8. The quantitative estimate of drug-likeness (QED) is 0.144. The maximum absolute atomic E-state index is 11.4. The fourth-order valence-corrected chi connectivity index (χ4v) is 4.03. The summed E-state index contributed by atoms with van der Waals surface area (Å²) < 4.78 is 30.2. The van der Waals surface area contributed by atoms with E-state index in [2.05, 4.69) is 61.3 Å². The van der Waals surface area contributed by atoms with Crippen molar-refractivity contribution in [3.05, 3.63) is 59.3 Å². The molecular formula is C21H36O7P2. The lowest BCUT2D eigenvalue weighted by Gasteiger charge is -2.11. The number of rotatable bonds is 15. The predicted molar refractivity (Wildman–Crippen MR) is 122 cm³/mol. The van der Waals surface area contributed by atoms with Crippen LogP contribution in [0.3, 0.4) is 0 Å². The van der Waals surface area contributed by atoms with Crippen LogP contribution in [0.4, 0.5) is 0 Å². The molecule has 172 valence electrons. The molecule has 0 aliphatic rings. The van der Waals surface area contributed by atoms with Crippen molar-refractivity contribution in [3.8, 4) is 0 Å². The van der Waals surface area contributed by atoms with Crippen molar-refractivity contribution in [1.82, 2.24) is 0 Å². The molecule has 0 rings (SSSR count). The maximum atomic E-state index is 11.4. The van der Waals surface area contributed by atoms with Crippen molar-refractivity contribution in [1.29, 1.82) is 0 Å². The predicted octanol–water partition coefficient (Wildman–Crippen LogP) is 6.52. The summed E-state index contributed by atoms with van der Waals surface area (Å²) in [5.74, 6) is 0. The SMILES string of the molecule is C=C/C(=C\COP(=O)(O)OP(=O)(O)O)CC/C=C(\C)CC/C=C(\C)CCC=C(C)C. The average Bonchev–Trinajstić information content (AvgIpc) is 2.57. The van der Waals surface area contributed by atoms with Gasteiger partial charge < -0.3 is 14.7 Å². The highest BCUT2D eigenvalue weighted by molar-refractivity contribution is 7.60. The summed E-state index contributed by atoms with van der Waals surface area (Å²) in [6.07, 6.45) is 15.4. The first-order valence-electron chi connectivity index (χ1n) is 9.85. The smallest absolute Gasteiger partial charge is 0.302 e. The monoisotopic (exact) mass is 462 g/mol. The Morgan fingerprint density at radius 3 is 1.80 bits per heavy atom. The molecule has 0 heterocycles. The van der Waals surface area contributed by atoms with E-state index in [4.69, 9.17) is 9.79 Å². The highest BCUT2D eigenvalue weighted by Crippen LogP contribution is 2.57. The van der Waals surface area contributed by atoms with Crippen LogP contribution < -0.4 is 0 Å². The molecule has 0 saturated carbocycles. The van der Waals surface area contributed by atoms with Crippen LogP contribution >= 0.6 is 15.6 Å². The fraction of sp³-hybridized carbons (Fsp3) is 0.524.